The van der Waals surface area contributed by atoms with Crippen LogP contribution < -0.4 is 0 Å². The van der Waals surface area contributed by atoms with Crippen LogP contribution in [0.15, 0.2) is 60.2 Å². The van der Waals surface area contributed by atoms with E-state index in [2.05, 4.69) is 75.6 Å². The molecule has 0 aliphatic heterocycles. The molecule has 0 bridgehead atoms. The molecule has 1 N–H and O–H groups in total. The van der Waals surface area contributed by atoms with E-state index in [1.54, 1.807) is 12.1 Å². The molecular weight excluding hydrogens is 328 g/mol. The number of benzene rings is 2. The number of hydrogen-bond donors (Lipinski definition) is 1. The molecule has 2 aliphatic rings. The number of rotatable bonds is 6. The third-order valence-electron chi connectivity index (χ3n) is 4.93. The predicted molar refractivity (Wildman–Crippen MR) is 111 cm³/mol. The summed E-state index contributed by atoms with van der Waals surface area (Å²) in [5.41, 5.74) is 4.88. The van der Waals surface area contributed by atoms with Crippen LogP contribution in [0.5, 0.6) is 5.75 Å². The first-order chi connectivity index (χ1) is 13.3. The molecule has 2 saturated carbocycles. The van der Waals surface area contributed by atoms with Gasteiger partial charge in [-0.05, 0) is 99.0 Å². The van der Waals surface area contributed by atoms with E-state index in [9.17, 15) is 5.11 Å². The topological polar surface area (TPSA) is 20.2 Å². The molecule has 132 valence electrons. The maximum absolute atomic E-state index is 9.74. The lowest BCUT2D eigenvalue weighted by Crippen LogP contribution is -2.06. The van der Waals surface area contributed by atoms with Crippen molar-refractivity contribution in [2.75, 3.05) is 0 Å². The van der Waals surface area contributed by atoms with Crippen LogP contribution in [-0.4, -0.2) is 5.11 Å². The molecule has 2 fully saturated rings. The van der Waals surface area contributed by atoms with Crippen LogP contribution in [0.3, 0.4) is 0 Å². The van der Waals surface area contributed by atoms with E-state index in [0.717, 1.165) is 18.4 Å². The van der Waals surface area contributed by atoms with E-state index in [0.29, 0.717) is 0 Å². The van der Waals surface area contributed by atoms with Crippen LogP contribution in [-0.2, 0) is 0 Å². The van der Waals surface area contributed by atoms with Gasteiger partial charge in [0.15, 0.2) is 0 Å². The number of hydrogen-bond acceptors (Lipinski definition) is 1. The molecular formula is C26H22O. The highest BCUT2D eigenvalue weighted by atomic mass is 16.3. The molecule has 2 aliphatic carbocycles. The van der Waals surface area contributed by atoms with Gasteiger partial charge in [-0.2, -0.15) is 0 Å². The van der Waals surface area contributed by atoms with Gasteiger partial charge in [0.2, 0.25) is 0 Å². The number of phenols is 1. The van der Waals surface area contributed by atoms with Gasteiger partial charge in [0.25, 0.3) is 0 Å². The van der Waals surface area contributed by atoms with Crippen LogP contribution in [0, 0.1) is 63.2 Å². The summed E-state index contributed by atoms with van der Waals surface area (Å²) in [4.78, 5) is 0. The summed E-state index contributed by atoms with van der Waals surface area (Å²) in [6.07, 6.45) is 19.1. The van der Waals surface area contributed by atoms with Crippen molar-refractivity contribution in [3.63, 3.8) is 0 Å². The molecule has 0 spiro atoms. The van der Waals surface area contributed by atoms with E-state index in [1.165, 1.54) is 28.5 Å². The van der Waals surface area contributed by atoms with Crippen LogP contribution >= 0.6 is 0 Å². The van der Waals surface area contributed by atoms with Crippen molar-refractivity contribution in [1.82, 2.24) is 0 Å². The average molecular weight is 350 g/mol. The second kappa shape index (κ2) is 8.78. The van der Waals surface area contributed by atoms with E-state index in [1.807, 2.05) is 18.2 Å². The van der Waals surface area contributed by atoms with Gasteiger partial charge in [-0.3, -0.25) is 0 Å². The minimum Gasteiger partial charge on any atom is -0.508 e. The van der Waals surface area contributed by atoms with Crippen molar-refractivity contribution >= 4 is 5.57 Å². The van der Waals surface area contributed by atoms with Crippen molar-refractivity contribution in [3.8, 4) is 5.75 Å². The standard InChI is InChI=1S/C26H22O/c27-24-17-15-23(16-18-24)26(22-12-2-1-3-13-22)25(21-10-6-7-11-21)19-14-20-8-4-5-9-20/h1-13,15-18,27H,14,19H2/b26-25+. The summed E-state index contributed by atoms with van der Waals surface area (Å²) in [5, 5.41) is 9.74. The van der Waals surface area contributed by atoms with Gasteiger partial charge in [0, 0.05) is 5.92 Å². The highest BCUT2D eigenvalue weighted by Crippen LogP contribution is 2.42. The molecule has 0 aromatic heterocycles. The molecule has 10 radical (unpaired) electrons. The molecule has 0 heterocycles. The first-order valence-electron chi connectivity index (χ1n) is 9.32. The summed E-state index contributed by atoms with van der Waals surface area (Å²) < 4.78 is 0. The number of allylic oxidation sites excluding steroid dienone is 1. The summed E-state index contributed by atoms with van der Waals surface area (Å²) in [6, 6.07) is 18.1. The van der Waals surface area contributed by atoms with E-state index in [-0.39, 0.29) is 5.75 Å². The maximum Gasteiger partial charge on any atom is 0.115 e. The minimum absolute atomic E-state index is 0.290. The van der Waals surface area contributed by atoms with Crippen molar-refractivity contribution in [1.29, 1.82) is 0 Å². The van der Waals surface area contributed by atoms with Crippen LogP contribution in [0.4, 0.5) is 0 Å². The lowest BCUT2D eigenvalue weighted by molar-refractivity contribution is 0.475. The van der Waals surface area contributed by atoms with Gasteiger partial charge in [-0.15, -0.1) is 0 Å². The Kier molecular flexibility index (Phi) is 5.97. The second-order valence-electron chi connectivity index (χ2n) is 6.73. The Labute approximate surface area is 164 Å². The van der Waals surface area contributed by atoms with Crippen LogP contribution in [0.2, 0.25) is 0 Å². The lowest BCUT2D eigenvalue weighted by Gasteiger charge is -2.22. The minimum atomic E-state index is 0.290. The Balaban J connectivity index is 1.76. The average Bonchev–Trinajstić information content (AvgIpc) is 3.41. The summed E-state index contributed by atoms with van der Waals surface area (Å²) in [5.74, 6) is 2.91. The zero-order valence-electron chi connectivity index (χ0n) is 15.2. The molecule has 0 atom stereocenters. The smallest absolute Gasteiger partial charge is 0.115 e. The molecule has 0 amide bonds. The predicted octanol–water partition coefficient (Wildman–Crippen LogP) is 5.78. The fourth-order valence-electron chi connectivity index (χ4n) is 3.59. The SMILES string of the molecule is Oc1ccc(/C(=C(\CC[C]2[CH][CH][CH][CH]2)[C]2[CH][CH][CH][CH]2)c2ccccc2)cc1. The maximum atomic E-state index is 9.74. The molecule has 2 aromatic carbocycles. The monoisotopic (exact) mass is 350 g/mol. The Morgan fingerprint density at radius 3 is 1.93 bits per heavy atom. The lowest BCUT2D eigenvalue weighted by atomic mass is 9.82. The quantitative estimate of drug-likeness (QED) is 0.699. The van der Waals surface area contributed by atoms with Gasteiger partial charge >= 0.3 is 0 Å². The normalized spacial score (nSPS) is 19.4. The molecule has 4 rings (SSSR count). The van der Waals surface area contributed by atoms with Crippen LogP contribution in [0.1, 0.15) is 24.0 Å². The van der Waals surface area contributed by atoms with Crippen molar-refractivity contribution in [2.24, 2.45) is 0 Å². The Morgan fingerprint density at radius 2 is 1.26 bits per heavy atom. The van der Waals surface area contributed by atoms with Crippen molar-refractivity contribution < 1.29 is 5.11 Å². The Morgan fingerprint density at radius 1 is 0.667 bits per heavy atom. The summed E-state index contributed by atoms with van der Waals surface area (Å²) in [7, 11) is 0. The fraction of sp³-hybridized carbons (Fsp3) is 0.0769. The third kappa shape index (κ3) is 4.46. The highest BCUT2D eigenvalue weighted by Gasteiger charge is 2.27. The van der Waals surface area contributed by atoms with Gasteiger partial charge in [-0.1, -0.05) is 48.0 Å². The first-order valence-corrected chi connectivity index (χ1v) is 9.32. The number of phenolic OH excluding ortho intramolecular Hbond substituents is 1. The highest BCUT2D eigenvalue weighted by molar-refractivity contribution is 5.85. The number of aromatic hydroxyl groups is 1. The van der Waals surface area contributed by atoms with Crippen molar-refractivity contribution in [2.45, 2.75) is 12.8 Å². The van der Waals surface area contributed by atoms with Gasteiger partial charge in [0.05, 0.1) is 0 Å². The van der Waals surface area contributed by atoms with E-state index in [4.69, 9.17) is 0 Å². The van der Waals surface area contributed by atoms with Crippen LogP contribution in [0.25, 0.3) is 5.57 Å². The van der Waals surface area contributed by atoms with Gasteiger partial charge < -0.3 is 5.11 Å². The van der Waals surface area contributed by atoms with E-state index < -0.39 is 0 Å². The Hall–Kier alpha value is -2.02. The molecule has 27 heavy (non-hydrogen) atoms. The van der Waals surface area contributed by atoms with E-state index >= 15 is 0 Å². The molecule has 2 aromatic rings. The van der Waals surface area contributed by atoms with Gasteiger partial charge in [-0.25, -0.2) is 0 Å². The zero-order chi connectivity index (χ0) is 18.5. The third-order valence-corrected chi connectivity index (χ3v) is 4.93. The summed E-state index contributed by atoms with van der Waals surface area (Å²) in [6.45, 7) is 0. The van der Waals surface area contributed by atoms with Gasteiger partial charge in [0.1, 0.15) is 5.75 Å². The molecule has 1 nitrogen and oxygen atoms in total. The molecule has 1 heteroatoms. The first kappa shape index (κ1) is 18.3. The largest absolute Gasteiger partial charge is 0.508 e. The summed E-state index contributed by atoms with van der Waals surface area (Å²) >= 11 is 0. The molecule has 0 saturated heterocycles. The van der Waals surface area contributed by atoms with Crippen molar-refractivity contribution in [3.05, 3.63) is 134 Å². The Bertz CT molecular complexity index is 745. The second-order valence-corrected chi connectivity index (χ2v) is 6.73. The fourth-order valence-corrected chi connectivity index (χ4v) is 3.59. The zero-order valence-corrected chi connectivity index (χ0v) is 15.2. The molecule has 0 unspecified atom stereocenters.